The van der Waals surface area contributed by atoms with E-state index >= 15 is 0 Å². The minimum atomic E-state index is -1.42. The molecule has 12 heteroatoms. The zero-order valence-electron chi connectivity index (χ0n) is 17.3. The SMILES string of the molecule is CN(C)CCON=Cc1cc(C(=O)NOCCO)c(Nc2ccc(I)cc2F)c(F)c1F. The molecular weight excluding hydrogens is 544 g/mol. The molecule has 1 amide bonds. The van der Waals surface area contributed by atoms with Crippen LogP contribution in [0.1, 0.15) is 15.9 Å². The van der Waals surface area contributed by atoms with E-state index in [0.717, 1.165) is 12.3 Å². The smallest absolute Gasteiger partial charge is 0.277 e. The highest BCUT2D eigenvalue weighted by molar-refractivity contribution is 14.1. The van der Waals surface area contributed by atoms with Crippen LogP contribution in [-0.4, -0.2) is 62.6 Å². The number of oxime groups is 1. The minimum Gasteiger partial charge on any atom is -0.394 e. The molecule has 0 atom stereocenters. The van der Waals surface area contributed by atoms with E-state index in [1.165, 1.54) is 12.1 Å². The summed E-state index contributed by atoms with van der Waals surface area (Å²) >= 11 is 1.90. The van der Waals surface area contributed by atoms with E-state index in [1.807, 2.05) is 47.1 Å². The maximum Gasteiger partial charge on any atom is 0.277 e. The number of halogens is 4. The molecule has 32 heavy (non-hydrogen) atoms. The second kappa shape index (κ2) is 12.6. The fourth-order valence-electron chi connectivity index (χ4n) is 2.35. The largest absolute Gasteiger partial charge is 0.394 e. The summed E-state index contributed by atoms with van der Waals surface area (Å²) in [6.45, 7) is 0.160. The number of rotatable bonds is 11. The molecule has 0 spiro atoms. The number of carbonyl (C=O) groups is 1. The molecule has 174 valence electrons. The minimum absolute atomic E-state index is 0.164. The first-order chi connectivity index (χ1) is 15.2. The van der Waals surface area contributed by atoms with Gasteiger partial charge in [0.05, 0.1) is 36.4 Å². The number of aliphatic hydroxyl groups excluding tert-OH is 1. The first-order valence-corrected chi connectivity index (χ1v) is 10.4. The number of hydrogen-bond acceptors (Lipinski definition) is 7. The lowest BCUT2D eigenvalue weighted by Crippen LogP contribution is -2.26. The lowest BCUT2D eigenvalue weighted by atomic mass is 10.1. The summed E-state index contributed by atoms with van der Waals surface area (Å²) in [5, 5.41) is 14.8. The second-order valence-corrected chi connectivity index (χ2v) is 7.89. The van der Waals surface area contributed by atoms with E-state index in [-0.39, 0.29) is 36.6 Å². The summed E-state index contributed by atoms with van der Waals surface area (Å²) in [7, 11) is 3.65. The van der Waals surface area contributed by atoms with Crippen LogP contribution in [0.4, 0.5) is 24.5 Å². The Hall–Kier alpha value is -2.42. The molecule has 0 saturated heterocycles. The highest BCUT2D eigenvalue weighted by atomic mass is 127. The van der Waals surface area contributed by atoms with Gasteiger partial charge in [-0.2, -0.15) is 0 Å². The van der Waals surface area contributed by atoms with E-state index < -0.39 is 29.0 Å². The average Bonchev–Trinajstić information content (AvgIpc) is 2.74. The molecule has 0 heterocycles. The first kappa shape index (κ1) is 25.8. The number of likely N-dealkylation sites (N-methyl/N-ethyl adjacent to an activating group) is 1. The fraction of sp³-hybridized carbons (Fsp3) is 0.300. The zero-order valence-corrected chi connectivity index (χ0v) is 19.5. The predicted molar refractivity (Wildman–Crippen MR) is 121 cm³/mol. The van der Waals surface area contributed by atoms with E-state index in [2.05, 4.69) is 10.5 Å². The van der Waals surface area contributed by atoms with Gasteiger partial charge in [-0.25, -0.2) is 18.7 Å². The van der Waals surface area contributed by atoms with Crippen molar-refractivity contribution in [1.29, 1.82) is 0 Å². The number of hydroxylamine groups is 1. The highest BCUT2D eigenvalue weighted by Gasteiger charge is 2.23. The Balaban J connectivity index is 2.40. The summed E-state index contributed by atoms with van der Waals surface area (Å²) in [6, 6.07) is 5.08. The zero-order chi connectivity index (χ0) is 23.7. The van der Waals surface area contributed by atoms with Crippen LogP contribution in [0, 0.1) is 21.0 Å². The van der Waals surface area contributed by atoms with Gasteiger partial charge in [-0.3, -0.25) is 9.63 Å². The molecule has 2 aromatic carbocycles. The van der Waals surface area contributed by atoms with Gasteiger partial charge in [0.2, 0.25) is 0 Å². The number of carbonyl (C=O) groups excluding carboxylic acids is 1. The van der Waals surface area contributed by atoms with Crippen molar-refractivity contribution in [2.45, 2.75) is 0 Å². The normalized spacial score (nSPS) is 11.2. The van der Waals surface area contributed by atoms with Gasteiger partial charge in [-0.15, -0.1) is 0 Å². The third-order valence-corrected chi connectivity index (χ3v) is 4.60. The Kier molecular flexibility index (Phi) is 10.2. The van der Waals surface area contributed by atoms with Crippen molar-refractivity contribution in [2.24, 2.45) is 5.16 Å². The third kappa shape index (κ3) is 7.32. The van der Waals surface area contributed by atoms with E-state index in [1.54, 1.807) is 6.07 Å². The van der Waals surface area contributed by atoms with Crippen LogP contribution in [0.5, 0.6) is 0 Å². The maximum atomic E-state index is 14.9. The fourth-order valence-corrected chi connectivity index (χ4v) is 2.81. The van der Waals surface area contributed by atoms with Crippen molar-refractivity contribution in [3.8, 4) is 0 Å². The van der Waals surface area contributed by atoms with Crippen molar-refractivity contribution in [2.75, 3.05) is 45.8 Å². The predicted octanol–water partition coefficient (Wildman–Crippen LogP) is 3.02. The van der Waals surface area contributed by atoms with Crippen molar-refractivity contribution in [3.63, 3.8) is 0 Å². The molecule has 0 bridgehead atoms. The van der Waals surface area contributed by atoms with Crippen LogP contribution in [0.15, 0.2) is 29.4 Å². The molecule has 0 fully saturated rings. The Morgan fingerprint density at radius 3 is 2.62 bits per heavy atom. The van der Waals surface area contributed by atoms with Crippen LogP contribution in [0.25, 0.3) is 0 Å². The van der Waals surface area contributed by atoms with Crippen LogP contribution >= 0.6 is 22.6 Å². The highest BCUT2D eigenvalue weighted by Crippen LogP contribution is 2.30. The van der Waals surface area contributed by atoms with Gasteiger partial charge in [0.1, 0.15) is 12.4 Å². The van der Waals surface area contributed by atoms with Crippen molar-refractivity contribution < 1.29 is 32.7 Å². The van der Waals surface area contributed by atoms with Crippen LogP contribution in [-0.2, 0) is 9.68 Å². The Morgan fingerprint density at radius 2 is 1.97 bits per heavy atom. The monoisotopic (exact) mass is 566 g/mol. The van der Waals surface area contributed by atoms with Gasteiger partial charge >= 0.3 is 0 Å². The number of hydrogen-bond donors (Lipinski definition) is 3. The van der Waals surface area contributed by atoms with E-state index in [0.29, 0.717) is 10.1 Å². The third-order valence-electron chi connectivity index (χ3n) is 3.92. The van der Waals surface area contributed by atoms with Gasteiger partial charge in [0, 0.05) is 15.7 Å². The summed E-state index contributed by atoms with van der Waals surface area (Å²) in [5.41, 5.74) is 0.498. The molecule has 0 aliphatic carbocycles. The Morgan fingerprint density at radius 1 is 1.22 bits per heavy atom. The molecule has 0 aliphatic heterocycles. The van der Waals surface area contributed by atoms with Gasteiger partial charge in [-0.1, -0.05) is 5.16 Å². The quantitative estimate of drug-likeness (QED) is 0.168. The van der Waals surface area contributed by atoms with Gasteiger partial charge in [0.15, 0.2) is 11.6 Å². The molecule has 0 aliphatic rings. The van der Waals surface area contributed by atoms with Gasteiger partial charge in [-0.05, 0) is 61.0 Å². The number of anilines is 2. The van der Waals surface area contributed by atoms with Gasteiger partial charge < -0.3 is 20.2 Å². The van der Waals surface area contributed by atoms with E-state index in [4.69, 9.17) is 14.8 Å². The molecule has 0 aromatic heterocycles. The lowest BCUT2D eigenvalue weighted by Gasteiger charge is -2.15. The molecule has 0 saturated carbocycles. The maximum absolute atomic E-state index is 14.9. The molecule has 0 unspecified atom stereocenters. The Bertz CT molecular complexity index is 976. The summed E-state index contributed by atoms with van der Waals surface area (Å²) in [4.78, 5) is 24.1. The summed E-state index contributed by atoms with van der Waals surface area (Å²) in [5.74, 6) is -4.41. The summed E-state index contributed by atoms with van der Waals surface area (Å²) < 4.78 is 44.4. The molecule has 3 N–H and O–H groups in total. The number of benzene rings is 2. The van der Waals surface area contributed by atoms with Crippen LogP contribution < -0.4 is 10.8 Å². The molecule has 2 rings (SSSR count). The van der Waals surface area contributed by atoms with E-state index in [9.17, 15) is 18.0 Å². The topological polar surface area (TPSA) is 95.4 Å². The molecule has 8 nitrogen and oxygen atoms in total. The molecular formula is C20H22F3IN4O4. The summed E-state index contributed by atoms with van der Waals surface area (Å²) in [6.07, 6.45) is 0.925. The Labute approximate surface area is 196 Å². The molecule has 0 radical (unpaired) electrons. The first-order valence-electron chi connectivity index (χ1n) is 9.31. The number of amides is 1. The second-order valence-electron chi connectivity index (χ2n) is 6.64. The number of nitrogens with zero attached hydrogens (tertiary/aromatic N) is 2. The standard InChI is InChI=1S/C20H22F3IN4O4/c1-28(2)5-7-31-25-11-12-9-14(20(30)27-32-8-6-29)19(18(23)17(12)22)26-16-4-3-13(24)10-15(16)21/h3-4,9-11,26,29H,5-8H2,1-2H3,(H,27,30). The van der Waals surface area contributed by atoms with Crippen LogP contribution in [0.2, 0.25) is 0 Å². The number of nitrogens with one attached hydrogen (secondary N) is 2. The van der Waals surface area contributed by atoms with Crippen molar-refractivity contribution in [3.05, 3.63) is 56.4 Å². The van der Waals surface area contributed by atoms with Crippen molar-refractivity contribution in [1.82, 2.24) is 10.4 Å². The number of aliphatic hydroxyl groups is 1. The average molecular weight is 566 g/mol. The van der Waals surface area contributed by atoms with Crippen LogP contribution in [0.3, 0.4) is 0 Å². The molecule has 2 aromatic rings. The van der Waals surface area contributed by atoms with Crippen molar-refractivity contribution >= 4 is 46.1 Å². The van der Waals surface area contributed by atoms with Gasteiger partial charge in [0.25, 0.3) is 5.91 Å². The lowest BCUT2D eigenvalue weighted by molar-refractivity contribution is 0.0168.